The van der Waals surface area contributed by atoms with Crippen LogP contribution in [-0.2, 0) is 16.2 Å². The lowest BCUT2D eigenvalue weighted by atomic mass is 10.2. The summed E-state index contributed by atoms with van der Waals surface area (Å²) in [4.78, 5) is 10.2. The molecule has 12 heteroatoms. The molecule has 0 atom stereocenters. The fourth-order valence-electron chi connectivity index (χ4n) is 3.62. The van der Waals surface area contributed by atoms with E-state index in [1.807, 2.05) is 4.90 Å². The van der Waals surface area contributed by atoms with Crippen LogP contribution in [-0.4, -0.2) is 57.8 Å². The number of nitrogens with one attached hydrogen (secondary N) is 1. The van der Waals surface area contributed by atoms with E-state index in [1.54, 1.807) is 24.3 Å². The van der Waals surface area contributed by atoms with Crippen molar-refractivity contribution in [3.8, 4) is 0 Å². The van der Waals surface area contributed by atoms with Crippen molar-refractivity contribution in [1.29, 1.82) is 0 Å². The highest BCUT2D eigenvalue weighted by Gasteiger charge is 2.34. The fourth-order valence-corrected chi connectivity index (χ4v) is 5.08. The molecule has 176 valence electrons. The van der Waals surface area contributed by atoms with Gasteiger partial charge in [-0.15, -0.1) is 0 Å². The Bertz CT molecular complexity index is 1250. The largest absolute Gasteiger partial charge is 0.416 e. The highest BCUT2D eigenvalue weighted by Crippen LogP contribution is 2.34. The molecule has 0 spiro atoms. The molecule has 0 bridgehead atoms. The first-order valence-corrected chi connectivity index (χ1v) is 11.6. The van der Waals surface area contributed by atoms with Crippen molar-refractivity contribution >= 4 is 32.7 Å². The summed E-state index contributed by atoms with van der Waals surface area (Å²) in [7, 11) is -4.57. The molecule has 7 nitrogen and oxygen atoms in total. The Kier molecular flexibility index (Phi) is 6.39. The number of nitrogens with zero attached hydrogens (tertiary/aromatic N) is 4. The summed E-state index contributed by atoms with van der Waals surface area (Å²) in [5, 5.41) is 3.55. The second-order valence-electron chi connectivity index (χ2n) is 7.39. The minimum atomic E-state index is -4.73. The number of alkyl halides is 4. The molecule has 3 aromatic rings. The molecule has 1 fully saturated rings. The average molecular weight is 483 g/mol. The highest BCUT2D eigenvalue weighted by atomic mass is 32.2. The quantitative estimate of drug-likeness (QED) is 0.543. The lowest BCUT2D eigenvalue weighted by Gasteiger charge is -2.29. The molecule has 4 rings (SSSR count). The van der Waals surface area contributed by atoms with Gasteiger partial charge in [-0.25, -0.2) is 22.1 Å². The van der Waals surface area contributed by atoms with Gasteiger partial charge in [-0.2, -0.15) is 18.2 Å². The maximum absolute atomic E-state index is 13.6. The Morgan fingerprint density at radius 3 is 2.45 bits per heavy atom. The van der Waals surface area contributed by atoms with Gasteiger partial charge in [0, 0.05) is 31.6 Å². The zero-order valence-electron chi connectivity index (χ0n) is 17.4. The van der Waals surface area contributed by atoms with Gasteiger partial charge in [0.05, 0.1) is 22.5 Å². The number of anilines is 2. The van der Waals surface area contributed by atoms with Gasteiger partial charge in [-0.05, 0) is 30.3 Å². The van der Waals surface area contributed by atoms with Gasteiger partial charge in [0.1, 0.15) is 6.67 Å². The molecule has 1 aliphatic heterocycles. The number of aromatic nitrogens is 2. The Hall–Kier alpha value is -2.99. The van der Waals surface area contributed by atoms with E-state index in [4.69, 9.17) is 0 Å². The first-order chi connectivity index (χ1) is 15.7. The summed E-state index contributed by atoms with van der Waals surface area (Å²) in [6, 6.07) is 10.0. The molecule has 2 aromatic carbocycles. The van der Waals surface area contributed by atoms with Gasteiger partial charge in [0.15, 0.2) is 5.82 Å². The van der Waals surface area contributed by atoms with Crippen molar-refractivity contribution in [2.24, 2.45) is 0 Å². The van der Waals surface area contributed by atoms with Gasteiger partial charge in [0.25, 0.3) is 10.0 Å². The van der Waals surface area contributed by atoms with Crippen LogP contribution in [0.15, 0.2) is 53.4 Å². The minimum Gasteiger partial charge on any atom is -0.338 e. The molecule has 0 unspecified atom stereocenters. The molecule has 1 aliphatic rings. The van der Waals surface area contributed by atoms with Crippen molar-refractivity contribution in [1.82, 2.24) is 15.3 Å². The normalized spacial score (nSPS) is 15.1. The van der Waals surface area contributed by atoms with Crippen molar-refractivity contribution in [3.05, 3.63) is 54.1 Å². The number of rotatable bonds is 6. The van der Waals surface area contributed by atoms with E-state index in [2.05, 4.69) is 15.3 Å². The topological polar surface area (TPSA) is 78.4 Å². The number of hydrogen-bond acceptors (Lipinski definition) is 6. The predicted octanol–water partition coefficient (Wildman–Crippen LogP) is 3.22. The van der Waals surface area contributed by atoms with Gasteiger partial charge in [-0.1, -0.05) is 18.2 Å². The summed E-state index contributed by atoms with van der Waals surface area (Å²) >= 11 is 0. The molecule has 0 aliphatic carbocycles. The van der Waals surface area contributed by atoms with Gasteiger partial charge in [0.2, 0.25) is 5.95 Å². The van der Waals surface area contributed by atoms with Gasteiger partial charge >= 0.3 is 6.18 Å². The summed E-state index contributed by atoms with van der Waals surface area (Å²) < 4.78 is 80.7. The number of fused-ring (bicyclic) bond motifs is 1. The number of benzene rings is 2. The summed E-state index contributed by atoms with van der Waals surface area (Å²) in [5.41, 5.74) is -0.669. The van der Waals surface area contributed by atoms with E-state index >= 15 is 0 Å². The molecule has 2 heterocycles. The lowest BCUT2D eigenvalue weighted by molar-refractivity contribution is -0.137. The van der Waals surface area contributed by atoms with Crippen LogP contribution in [0.5, 0.6) is 0 Å². The second-order valence-corrected chi connectivity index (χ2v) is 9.26. The third-order valence-electron chi connectivity index (χ3n) is 5.24. The number of para-hydroxylation sites is 1. The van der Waals surface area contributed by atoms with Crippen molar-refractivity contribution < 1.29 is 26.0 Å². The predicted molar refractivity (Wildman–Crippen MR) is 117 cm³/mol. The molecular weight excluding hydrogens is 462 g/mol. The average Bonchev–Trinajstić information content (AvgIpc) is 2.82. The molecule has 33 heavy (non-hydrogen) atoms. The molecular formula is C21H21F4N5O2S. The minimum absolute atomic E-state index is 0.0794. The van der Waals surface area contributed by atoms with Gasteiger partial charge < -0.3 is 10.2 Å². The number of hydrogen-bond donors (Lipinski definition) is 1. The van der Waals surface area contributed by atoms with Crippen LogP contribution in [0, 0.1) is 0 Å². The molecule has 1 N–H and O–H groups in total. The van der Waals surface area contributed by atoms with Crippen LogP contribution in [0.4, 0.5) is 29.3 Å². The van der Waals surface area contributed by atoms with E-state index < -0.39 is 39.9 Å². The summed E-state index contributed by atoms with van der Waals surface area (Å²) in [5.74, 6) is 0.192. The van der Waals surface area contributed by atoms with Crippen molar-refractivity contribution in [2.45, 2.75) is 11.1 Å². The second kappa shape index (κ2) is 9.10. The first-order valence-electron chi connectivity index (χ1n) is 10.2. The molecule has 0 amide bonds. The number of piperazine rings is 1. The van der Waals surface area contributed by atoms with Crippen LogP contribution in [0.2, 0.25) is 0 Å². The molecule has 1 saturated heterocycles. The third kappa shape index (κ3) is 4.71. The Balaban J connectivity index is 1.88. The Labute approximate surface area is 188 Å². The van der Waals surface area contributed by atoms with Crippen molar-refractivity contribution in [2.75, 3.05) is 48.6 Å². The van der Waals surface area contributed by atoms with E-state index in [1.165, 1.54) is 0 Å². The van der Waals surface area contributed by atoms with E-state index in [0.29, 0.717) is 43.1 Å². The smallest absolute Gasteiger partial charge is 0.338 e. The van der Waals surface area contributed by atoms with Crippen LogP contribution in [0.3, 0.4) is 0 Å². The van der Waals surface area contributed by atoms with Crippen LogP contribution in [0.1, 0.15) is 5.56 Å². The monoisotopic (exact) mass is 483 g/mol. The SMILES string of the molecule is O=S(=O)(c1cccc(C(F)(F)F)c1)N(CCF)c1nc(N2CCNCC2)nc2ccccc12. The van der Waals surface area contributed by atoms with Gasteiger partial charge in [-0.3, -0.25) is 0 Å². The molecule has 1 aromatic heterocycles. The summed E-state index contributed by atoms with van der Waals surface area (Å²) in [6.07, 6.45) is -4.73. The zero-order chi connectivity index (χ0) is 23.6. The number of halogens is 4. The lowest BCUT2D eigenvalue weighted by Crippen LogP contribution is -2.44. The van der Waals surface area contributed by atoms with E-state index in [0.717, 1.165) is 22.5 Å². The van der Waals surface area contributed by atoms with Crippen LogP contribution in [0.25, 0.3) is 10.9 Å². The Morgan fingerprint density at radius 1 is 1.03 bits per heavy atom. The zero-order valence-corrected chi connectivity index (χ0v) is 18.2. The molecule has 0 radical (unpaired) electrons. The standard InChI is InChI=1S/C21H21F4N5O2S/c22-8-11-30(33(31,32)16-5-3-4-15(14-16)21(23,24)25)19-17-6-1-2-7-18(17)27-20(28-19)29-12-9-26-10-13-29/h1-7,14,26H,8-13H2. The third-order valence-corrected chi connectivity index (χ3v) is 7.03. The van der Waals surface area contributed by atoms with Crippen LogP contribution < -0.4 is 14.5 Å². The highest BCUT2D eigenvalue weighted by molar-refractivity contribution is 7.92. The summed E-state index contributed by atoms with van der Waals surface area (Å²) in [6.45, 7) is 0.868. The maximum Gasteiger partial charge on any atom is 0.416 e. The Morgan fingerprint density at radius 2 is 1.76 bits per heavy atom. The molecule has 0 saturated carbocycles. The van der Waals surface area contributed by atoms with E-state index in [9.17, 15) is 26.0 Å². The number of sulfonamides is 1. The first kappa shape index (κ1) is 23.2. The van der Waals surface area contributed by atoms with Crippen LogP contribution >= 0.6 is 0 Å². The van der Waals surface area contributed by atoms with Crippen molar-refractivity contribution in [3.63, 3.8) is 0 Å². The fraction of sp³-hybridized carbons (Fsp3) is 0.333. The van der Waals surface area contributed by atoms with E-state index in [-0.39, 0.29) is 11.8 Å². The maximum atomic E-state index is 13.6.